The SMILES string of the molecule is CCOC(=O)c1c(NC(=O)C(=O)N/N=C/c2cc(Br)c(OCc3ccc(Cl)cc3)c(OC)c2)sc2c1CCC2. The summed E-state index contributed by atoms with van der Waals surface area (Å²) in [7, 11) is 1.51. The highest BCUT2D eigenvalue weighted by Crippen LogP contribution is 2.39. The van der Waals surface area contributed by atoms with Crippen LogP contribution in [0.15, 0.2) is 46.0 Å². The van der Waals surface area contributed by atoms with Gasteiger partial charge in [0.1, 0.15) is 11.6 Å². The average Bonchev–Trinajstić information content (AvgIpc) is 3.49. The van der Waals surface area contributed by atoms with Crippen molar-refractivity contribution < 1.29 is 28.6 Å². The highest BCUT2D eigenvalue weighted by atomic mass is 79.9. The van der Waals surface area contributed by atoms with Crippen molar-refractivity contribution in [3.63, 3.8) is 0 Å². The van der Waals surface area contributed by atoms with E-state index < -0.39 is 17.8 Å². The number of carbonyl (C=O) groups is 3. The third kappa shape index (κ3) is 6.97. The number of esters is 1. The molecule has 0 unspecified atom stereocenters. The normalized spacial score (nSPS) is 12.2. The van der Waals surface area contributed by atoms with Crippen LogP contribution in [0.25, 0.3) is 0 Å². The molecule has 0 aliphatic heterocycles. The molecular weight excluding hydrogens is 610 g/mol. The Morgan fingerprint density at radius 3 is 2.64 bits per heavy atom. The molecule has 2 aromatic carbocycles. The number of nitrogens with one attached hydrogen (secondary N) is 2. The highest BCUT2D eigenvalue weighted by Gasteiger charge is 2.29. The third-order valence-electron chi connectivity index (χ3n) is 5.76. The predicted octanol–water partition coefficient (Wildman–Crippen LogP) is 5.51. The number of hydrogen-bond acceptors (Lipinski definition) is 8. The molecule has 0 saturated heterocycles. The molecule has 0 bridgehead atoms. The molecule has 0 fully saturated rings. The largest absolute Gasteiger partial charge is 0.493 e. The summed E-state index contributed by atoms with van der Waals surface area (Å²) in [4.78, 5) is 38.4. The van der Waals surface area contributed by atoms with Crippen LogP contribution in [0.2, 0.25) is 5.02 Å². The van der Waals surface area contributed by atoms with Crippen molar-refractivity contribution in [2.45, 2.75) is 32.8 Å². The van der Waals surface area contributed by atoms with Gasteiger partial charge in [0.25, 0.3) is 0 Å². The van der Waals surface area contributed by atoms with Crippen molar-refractivity contribution in [2.24, 2.45) is 5.10 Å². The average molecular weight is 635 g/mol. The van der Waals surface area contributed by atoms with Gasteiger partial charge >= 0.3 is 17.8 Å². The minimum Gasteiger partial charge on any atom is -0.493 e. The third-order valence-corrected chi connectivity index (χ3v) is 7.81. The van der Waals surface area contributed by atoms with Gasteiger partial charge in [-0.2, -0.15) is 5.10 Å². The molecule has 0 atom stereocenters. The van der Waals surface area contributed by atoms with Crippen molar-refractivity contribution in [1.82, 2.24) is 5.43 Å². The van der Waals surface area contributed by atoms with Gasteiger partial charge in [-0.05, 0) is 83.1 Å². The Morgan fingerprint density at radius 1 is 1.15 bits per heavy atom. The van der Waals surface area contributed by atoms with Crippen LogP contribution in [0, 0.1) is 0 Å². The van der Waals surface area contributed by atoms with Crippen molar-refractivity contribution in [3.05, 3.63) is 73.0 Å². The molecule has 204 valence electrons. The number of aryl methyl sites for hydroxylation is 1. The topological polar surface area (TPSA) is 115 Å². The number of hydrazone groups is 1. The van der Waals surface area contributed by atoms with Gasteiger partial charge < -0.3 is 19.5 Å². The van der Waals surface area contributed by atoms with Crippen molar-refractivity contribution in [3.8, 4) is 11.5 Å². The van der Waals surface area contributed by atoms with Gasteiger partial charge in [-0.25, -0.2) is 10.2 Å². The van der Waals surface area contributed by atoms with Crippen molar-refractivity contribution >= 4 is 67.9 Å². The fourth-order valence-corrected chi connectivity index (χ4v) is 5.95. The predicted molar refractivity (Wildman–Crippen MR) is 153 cm³/mol. The zero-order chi connectivity index (χ0) is 27.9. The van der Waals surface area contributed by atoms with E-state index in [2.05, 4.69) is 31.8 Å². The standard InChI is InChI=1S/C27H25BrClN3O6S/c1-3-37-27(35)22-18-5-4-6-21(18)39-26(22)31-24(33)25(34)32-30-13-16-11-19(28)23(20(12-16)36-2)38-14-15-7-9-17(29)10-8-15/h7-13H,3-6,14H2,1-2H3,(H,31,33)(H,32,34)/b30-13+. The summed E-state index contributed by atoms with van der Waals surface area (Å²) >= 11 is 10.7. The molecule has 2 N–H and O–H groups in total. The molecular formula is C27H25BrClN3O6S. The minimum atomic E-state index is -0.983. The molecule has 0 spiro atoms. The molecule has 0 radical (unpaired) electrons. The van der Waals surface area contributed by atoms with Crippen LogP contribution in [0.4, 0.5) is 5.00 Å². The quantitative estimate of drug-likeness (QED) is 0.139. The maximum atomic E-state index is 12.5. The van der Waals surface area contributed by atoms with Gasteiger partial charge in [0.2, 0.25) is 0 Å². The summed E-state index contributed by atoms with van der Waals surface area (Å²) in [6, 6.07) is 10.7. The second-order valence-electron chi connectivity index (χ2n) is 8.38. The van der Waals surface area contributed by atoms with Crippen LogP contribution in [-0.2, 0) is 33.8 Å². The maximum Gasteiger partial charge on any atom is 0.341 e. The summed E-state index contributed by atoms with van der Waals surface area (Å²) < 4.78 is 17.1. The van der Waals surface area contributed by atoms with E-state index in [1.54, 1.807) is 31.2 Å². The van der Waals surface area contributed by atoms with Crippen LogP contribution in [-0.4, -0.2) is 37.7 Å². The number of carbonyl (C=O) groups excluding carboxylic acids is 3. The Bertz CT molecular complexity index is 1420. The molecule has 1 heterocycles. The fraction of sp³-hybridized carbons (Fsp3) is 0.259. The molecule has 2 amide bonds. The van der Waals surface area contributed by atoms with Crippen molar-refractivity contribution in [2.75, 3.05) is 19.0 Å². The molecule has 3 aromatic rings. The van der Waals surface area contributed by atoms with Crippen LogP contribution >= 0.6 is 38.9 Å². The maximum absolute atomic E-state index is 12.5. The molecule has 1 aliphatic rings. The van der Waals surface area contributed by atoms with E-state index in [-0.39, 0.29) is 6.61 Å². The Morgan fingerprint density at radius 2 is 1.92 bits per heavy atom. The van der Waals surface area contributed by atoms with E-state index in [0.717, 1.165) is 35.3 Å². The number of hydrogen-bond donors (Lipinski definition) is 2. The van der Waals surface area contributed by atoms with Crippen molar-refractivity contribution in [1.29, 1.82) is 0 Å². The molecule has 39 heavy (non-hydrogen) atoms. The highest BCUT2D eigenvalue weighted by molar-refractivity contribution is 9.10. The lowest BCUT2D eigenvalue weighted by molar-refractivity contribution is -0.136. The number of anilines is 1. The molecule has 4 rings (SSSR count). The lowest BCUT2D eigenvalue weighted by atomic mass is 10.1. The molecule has 12 heteroatoms. The number of methoxy groups -OCH3 is 1. The van der Waals surface area contributed by atoms with Gasteiger partial charge in [0.15, 0.2) is 11.5 Å². The van der Waals surface area contributed by atoms with Crippen LogP contribution in [0.1, 0.15) is 45.3 Å². The zero-order valence-electron chi connectivity index (χ0n) is 21.1. The van der Waals surface area contributed by atoms with Gasteiger partial charge in [0.05, 0.1) is 30.0 Å². The summed E-state index contributed by atoms with van der Waals surface area (Å²) in [5.41, 5.74) is 4.93. The first-order valence-electron chi connectivity index (χ1n) is 12.0. The van der Waals surface area contributed by atoms with E-state index in [1.165, 1.54) is 24.7 Å². The Labute approximate surface area is 242 Å². The lowest BCUT2D eigenvalue weighted by Crippen LogP contribution is -2.32. The van der Waals surface area contributed by atoms with Gasteiger partial charge in [-0.1, -0.05) is 23.7 Å². The first-order chi connectivity index (χ1) is 18.8. The smallest absolute Gasteiger partial charge is 0.341 e. The molecule has 9 nitrogen and oxygen atoms in total. The first kappa shape index (κ1) is 28.6. The van der Waals surface area contributed by atoms with Gasteiger partial charge in [0, 0.05) is 9.90 Å². The van der Waals surface area contributed by atoms with Crippen LogP contribution in [0.5, 0.6) is 11.5 Å². The second-order valence-corrected chi connectivity index (χ2v) is 10.8. The van der Waals surface area contributed by atoms with E-state index in [1.807, 2.05) is 12.1 Å². The van der Waals surface area contributed by atoms with E-state index in [0.29, 0.717) is 43.7 Å². The number of nitrogens with zero attached hydrogens (tertiary/aromatic N) is 1. The molecule has 1 aromatic heterocycles. The van der Waals surface area contributed by atoms with Crippen LogP contribution in [0.3, 0.4) is 0 Å². The lowest BCUT2D eigenvalue weighted by Gasteiger charge is -2.13. The summed E-state index contributed by atoms with van der Waals surface area (Å²) in [6.07, 6.45) is 3.86. The first-order valence-corrected chi connectivity index (χ1v) is 14.0. The van der Waals surface area contributed by atoms with E-state index >= 15 is 0 Å². The fourth-order valence-electron chi connectivity index (χ4n) is 3.98. The zero-order valence-corrected chi connectivity index (χ0v) is 24.3. The summed E-state index contributed by atoms with van der Waals surface area (Å²) in [6.45, 7) is 2.22. The summed E-state index contributed by atoms with van der Waals surface area (Å²) in [5.74, 6) is -1.49. The number of benzene rings is 2. The number of amides is 2. The number of fused-ring (bicyclic) bond motifs is 1. The Balaban J connectivity index is 1.39. The molecule has 1 aliphatic carbocycles. The van der Waals surface area contributed by atoms with Crippen LogP contribution < -0.4 is 20.2 Å². The monoisotopic (exact) mass is 633 g/mol. The van der Waals surface area contributed by atoms with E-state index in [9.17, 15) is 14.4 Å². The molecule has 0 saturated carbocycles. The second kappa shape index (κ2) is 13.1. The summed E-state index contributed by atoms with van der Waals surface area (Å²) in [5, 5.41) is 7.37. The number of ether oxygens (including phenoxy) is 3. The number of halogens is 2. The van der Waals surface area contributed by atoms with Gasteiger partial charge in [-0.15, -0.1) is 11.3 Å². The van der Waals surface area contributed by atoms with Gasteiger partial charge in [-0.3, -0.25) is 9.59 Å². The number of thiophene rings is 1. The number of rotatable bonds is 9. The Kier molecular flexibility index (Phi) is 9.60. The minimum absolute atomic E-state index is 0.211. The Hall–Kier alpha value is -3.41. The van der Waals surface area contributed by atoms with E-state index in [4.69, 9.17) is 25.8 Å².